The molecule has 4 N–H and O–H groups in total. The van der Waals surface area contributed by atoms with Crippen molar-refractivity contribution in [2.45, 2.75) is 0 Å². The number of halogens is 2. The normalized spacial score (nSPS) is 11.9. The van der Waals surface area contributed by atoms with Crippen LogP contribution in [0.4, 0.5) is 22.7 Å². The molecule has 0 atom stereocenters. The van der Waals surface area contributed by atoms with Gasteiger partial charge in [0.05, 0.1) is 38.4 Å². The molecule has 6 rings (SSSR count). The number of nitrogens with zero attached hydrogens (tertiary/aromatic N) is 2. The predicted molar refractivity (Wildman–Crippen MR) is 146 cm³/mol. The minimum absolute atomic E-state index is 0.0905. The summed E-state index contributed by atoms with van der Waals surface area (Å²) < 4.78 is 0. The van der Waals surface area contributed by atoms with Crippen LogP contribution < -0.4 is 21.3 Å². The topological polar surface area (TPSA) is 126 Å². The zero-order valence-electron chi connectivity index (χ0n) is 19.5. The molecule has 0 unspecified atom stereocenters. The van der Waals surface area contributed by atoms with Crippen LogP contribution in [0.1, 0.15) is 41.4 Å². The van der Waals surface area contributed by atoms with Gasteiger partial charge >= 0.3 is 0 Å². The molecule has 188 valence electrons. The van der Waals surface area contributed by atoms with Crippen LogP contribution in [0.2, 0.25) is 10.0 Å². The average molecular weight is 545 g/mol. The summed E-state index contributed by atoms with van der Waals surface area (Å²) in [6.45, 7) is 0. The Hall–Kier alpha value is -4.66. The van der Waals surface area contributed by atoms with Gasteiger partial charge < -0.3 is 11.5 Å². The standard InChI is InChI=1S/C14H8Cl2N2O2.C14H10N2O2/c15-8-5-7(13(17)19)6-9(16)12(8)14(20)18-10-3-1-2-4-11(10)18;15-13(17)9-5-7-10(8-6-9)14(18)16-11-3-1-2-4-12(11)16/h1-6H,(H2,17,19);1-8H,(H2,15,17). The van der Waals surface area contributed by atoms with Gasteiger partial charge in [0.2, 0.25) is 11.8 Å². The first-order chi connectivity index (χ1) is 18.2. The van der Waals surface area contributed by atoms with E-state index in [9.17, 15) is 19.2 Å². The van der Waals surface area contributed by atoms with Crippen LogP contribution in [0.15, 0.2) is 84.9 Å². The Kier molecular flexibility index (Phi) is 6.36. The minimum atomic E-state index is -0.650. The molecule has 38 heavy (non-hydrogen) atoms. The third kappa shape index (κ3) is 4.58. The first-order valence-corrected chi connectivity index (χ1v) is 12.0. The first kappa shape index (κ1) is 25.0. The van der Waals surface area contributed by atoms with E-state index in [0.717, 1.165) is 22.7 Å². The molecule has 0 aromatic heterocycles. The summed E-state index contributed by atoms with van der Waals surface area (Å²) in [4.78, 5) is 49.8. The van der Waals surface area contributed by atoms with Crippen LogP contribution in [0.25, 0.3) is 0 Å². The molecule has 4 aromatic rings. The molecular formula is C28H18Cl2N4O4. The van der Waals surface area contributed by atoms with E-state index in [0.29, 0.717) is 11.1 Å². The molecule has 2 aliphatic heterocycles. The van der Waals surface area contributed by atoms with Gasteiger partial charge in [-0.3, -0.25) is 29.0 Å². The van der Waals surface area contributed by atoms with Crippen molar-refractivity contribution in [2.24, 2.45) is 11.5 Å². The molecule has 2 aliphatic rings. The van der Waals surface area contributed by atoms with Gasteiger partial charge in [-0.25, -0.2) is 0 Å². The van der Waals surface area contributed by atoms with Gasteiger partial charge in [-0.15, -0.1) is 0 Å². The Balaban J connectivity index is 0.000000156. The first-order valence-electron chi connectivity index (χ1n) is 11.2. The number of nitrogens with two attached hydrogens (primary N) is 2. The molecule has 4 amide bonds. The lowest BCUT2D eigenvalue weighted by Crippen LogP contribution is -2.16. The molecule has 0 aliphatic carbocycles. The van der Waals surface area contributed by atoms with Crippen LogP contribution in [-0.2, 0) is 0 Å². The Bertz CT molecular complexity index is 1580. The lowest BCUT2D eigenvalue weighted by molar-refractivity contribution is 0.0990. The molecule has 0 saturated heterocycles. The van der Waals surface area contributed by atoms with Gasteiger partial charge in [0.25, 0.3) is 11.8 Å². The second-order valence-electron chi connectivity index (χ2n) is 8.38. The summed E-state index contributed by atoms with van der Waals surface area (Å²) in [6, 6.07) is 23.9. The number of primary amides is 2. The van der Waals surface area contributed by atoms with Crippen molar-refractivity contribution in [3.05, 3.63) is 117 Å². The molecule has 0 fully saturated rings. The van der Waals surface area contributed by atoms with Crippen LogP contribution >= 0.6 is 23.2 Å². The molecule has 2 heterocycles. The summed E-state index contributed by atoms with van der Waals surface area (Å²) >= 11 is 12.1. The fourth-order valence-electron chi connectivity index (χ4n) is 3.98. The average Bonchev–Trinajstić information content (AvgIpc) is 3.81. The highest BCUT2D eigenvalue weighted by atomic mass is 35.5. The van der Waals surface area contributed by atoms with Gasteiger partial charge in [-0.05, 0) is 60.7 Å². The van der Waals surface area contributed by atoms with E-state index in [-0.39, 0.29) is 33.0 Å². The summed E-state index contributed by atoms with van der Waals surface area (Å²) in [6.07, 6.45) is 0. The van der Waals surface area contributed by atoms with E-state index in [1.54, 1.807) is 29.2 Å². The molecule has 8 nitrogen and oxygen atoms in total. The van der Waals surface area contributed by atoms with E-state index in [1.165, 1.54) is 17.0 Å². The van der Waals surface area contributed by atoms with Crippen LogP contribution in [0, 0.1) is 0 Å². The molecule has 0 spiro atoms. The largest absolute Gasteiger partial charge is 0.366 e. The third-order valence-corrected chi connectivity index (χ3v) is 6.59. The zero-order valence-corrected chi connectivity index (χ0v) is 21.0. The second-order valence-corrected chi connectivity index (χ2v) is 9.19. The predicted octanol–water partition coefficient (Wildman–Crippen LogP) is 5.46. The summed E-state index contributed by atoms with van der Waals surface area (Å²) in [5.41, 5.74) is 15.1. The van der Waals surface area contributed by atoms with Gasteiger partial charge in [0, 0.05) is 16.7 Å². The number of benzene rings is 4. The second kappa shape index (κ2) is 9.66. The van der Waals surface area contributed by atoms with Gasteiger partial charge in [0.15, 0.2) is 0 Å². The Labute approximate surface area is 227 Å². The highest BCUT2D eigenvalue weighted by Gasteiger charge is 2.37. The third-order valence-electron chi connectivity index (χ3n) is 5.99. The maximum atomic E-state index is 12.4. The van der Waals surface area contributed by atoms with Crippen molar-refractivity contribution in [1.29, 1.82) is 0 Å². The maximum Gasteiger partial charge on any atom is 0.266 e. The number of carbonyl (C=O) groups is 4. The zero-order chi connectivity index (χ0) is 27.1. The van der Waals surface area contributed by atoms with Crippen LogP contribution in [0.5, 0.6) is 0 Å². The quantitative estimate of drug-likeness (QED) is 0.330. The van der Waals surface area contributed by atoms with Gasteiger partial charge in [-0.2, -0.15) is 0 Å². The fourth-order valence-corrected chi connectivity index (χ4v) is 4.63. The number of anilines is 4. The molecule has 4 aromatic carbocycles. The van der Waals surface area contributed by atoms with Crippen molar-refractivity contribution in [3.8, 4) is 0 Å². The molecular weight excluding hydrogens is 527 g/mol. The van der Waals surface area contributed by atoms with E-state index in [2.05, 4.69) is 0 Å². The highest BCUT2D eigenvalue weighted by molar-refractivity contribution is 6.42. The number of fused-ring (bicyclic) bond motifs is 2. The van der Waals surface area contributed by atoms with Crippen LogP contribution in [-0.4, -0.2) is 23.6 Å². The van der Waals surface area contributed by atoms with Crippen molar-refractivity contribution >= 4 is 69.6 Å². The van der Waals surface area contributed by atoms with E-state index >= 15 is 0 Å². The Morgan fingerprint density at radius 1 is 0.526 bits per heavy atom. The molecule has 10 heteroatoms. The van der Waals surface area contributed by atoms with E-state index < -0.39 is 11.8 Å². The SMILES string of the molecule is NC(=O)c1cc(Cl)c(C(=O)N2c3ccccc32)c(Cl)c1.NC(=O)c1ccc(C(=O)N2c3ccccc32)cc1. The Morgan fingerprint density at radius 2 is 0.895 bits per heavy atom. The Morgan fingerprint density at radius 3 is 1.29 bits per heavy atom. The monoisotopic (exact) mass is 544 g/mol. The van der Waals surface area contributed by atoms with Gasteiger partial charge in [0.1, 0.15) is 0 Å². The summed E-state index contributed by atoms with van der Waals surface area (Å²) in [5, 5.41) is 0.211. The number of hydrogen-bond acceptors (Lipinski definition) is 4. The minimum Gasteiger partial charge on any atom is -0.366 e. The van der Waals surface area contributed by atoms with E-state index in [4.69, 9.17) is 34.7 Å². The van der Waals surface area contributed by atoms with Crippen molar-refractivity contribution in [2.75, 3.05) is 9.80 Å². The number of amides is 4. The van der Waals surface area contributed by atoms with E-state index in [1.807, 2.05) is 48.5 Å². The maximum absolute atomic E-state index is 12.4. The number of rotatable bonds is 4. The fraction of sp³-hybridized carbons (Fsp3) is 0. The number of carbonyl (C=O) groups excluding carboxylic acids is 4. The molecule has 0 bridgehead atoms. The molecule has 0 radical (unpaired) electrons. The van der Waals surface area contributed by atoms with Gasteiger partial charge in [-0.1, -0.05) is 47.5 Å². The lowest BCUT2D eigenvalue weighted by atomic mass is 10.1. The summed E-state index contributed by atoms with van der Waals surface area (Å²) in [5.74, 6) is -1.56. The van der Waals surface area contributed by atoms with Crippen molar-refractivity contribution in [3.63, 3.8) is 0 Å². The highest BCUT2D eigenvalue weighted by Crippen LogP contribution is 2.49. The smallest absolute Gasteiger partial charge is 0.266 e. The van der Waals surface area contributed by atoms with Crippen LogP contribution in [0.3, 0.4) is 0 Å². The molecule has 0 saturated carbocycles. The number of para-hydroxylation sites is 4. The van der Waals surface area contributed by atoms with Crippen molar-refractivity contribution in [1.82, 2.24) is 0 Å². The number of hydrogen-bond donors (Lipinski definition) is 2. The lowest BCUT2D eigenvalue weighted by Gasteiger charge is -2.08. The van der Waals surface area contributed by atoms with Crippen molar-refractivity contribution < 1.29 is 19.2 Å². The summed E-state index contributed by atoms with van der Waals surface area (Å²) in [7, 11) is 0.